The Kier molecular flexibility index (Phi) is 2.78. The van der Waals surface area contributed by atoms with Crippen molar-refractivity contribution in [3.8, 4) is 0 Å². The van der Waals surface area contributed by atoms with Gasteiger partial charge in [0.2, 0.25) is 5.95 Å². The lowest BCUT2D eigenvalue weighted by atomic mass is 10.5. The highest BCUT2D eigenvalue weighted by Crippen LogP contribution is 2.20. The van der Waals surface area contributed by atoms with Gasteiger partial charge in [0.05, 0.1) is 12.0 Å². The van der Waals surface area contributed by atoms with Crippen LogP contribution in [0, 0.1) is 5.95 Å². The number of hydrogen-bond acceptors (Lipinski definition) is 4. The summed E-state index contributed by atoms with van der Waals surface area (Å²) in [6.07, 6.45) is 2.82. The molecule has 0 N–H and O–H groups in total. The monoisotopic (exact) mass is 210 g/mol. The molecule has 0 aliphatic carbocycles. The summed E-state index contributed by atoms with van der Waals surface area (Å²) >= 11 is 1.41. The van der Waals surface area contributed by atoms with Crippen molar-refractivity contribution < 1.29 is 8.81 Å². The van der Waals surface area contributed by atoms with Crippen molar-refractivity contribution in [2.75, 3.05) is 0 Å². The van der Waals surface area contributed by atoms with E-state index in [4.69, 9.17) is 4.42 Å². The number of nitrogens with zero attached hydrogens (tertiary/aromatic N) is 2. The summed E-state index contributed by atoms with van der Waals surface area (Å²) in [6.45, 7) is 0. The van der Waals surface area contributed by atoms with E-state index in [1.54, 1.807) is 6.26 Å². The molecule has 0 atom stereocenters. The van der Waals surface area contributed by atoms with Crippen molar-refractivity contribution in [1.82, 2.24) is 9.97 Å². The van der Waals surface area contributed by atoms with Gasteiger partial charge >= 0.3 is 0 Å². The Morgan fingerprint density at radius 1 is 1.43 bits per heavy atom. The predicted octanol–water partition coefficient (Wildman–Crippen LogP) is 2.50. The maximum absolute atomic E-state index is 12.6. The number of furan rings is 1. The number of halogens is 1. The van der Waals surface area contributed by atoms with E-state index in [0.29, 0.717) is 10.8 Å². The SMILES string of the molecule is Fc1cc(SCc2ccco2)ncn1. The standard InChI is InChI=1S/C9H7FN2OS/c10-8-4-9(12-6-11-8)14-5-7-2-1-3-13-7/h1-4,6H,5H2. The highest BCUT2D eigenvalue weighted by Gasteiger charge is 2.01. The third-order valence-corrected chi connectivity index (χ3v) is 2.50. The average Bonchev–Trinajstić information content (AvgIpc) is 2.67. The molecule has 0 bridgehead atoms. The molecule has 14 heavy (non-hydrogen) atoms. The molecular formula is C9H7FN2OS. The molecule has 2 heterocycles. The topological polar surface area (TPSA) is 38.9 Å². The van der Waals surface area contributed by atoms with Crippen molar-refractivity contribution >= 4 is 11.8 Å². The Bertz CT molecular complexity index is 405. The van der Waals surface area contributed by atoms with Crippen LogP contribution in [0.2, 0.25) is 0 Å². The van der Waals surface area contributed by atoms with Gasteiger partial charge in [-0.05, 0) is 12.1 Å². The molecule has 0 saturated carbocycles. The fourth-order valence-electron chi connectivity index (χ4n) is 0.936. The van der Waals surface area contributed by atoms with Crippen LogP contribution in [0.25, 0.3) is 0 Å². The van der Waals surface area contributed by atoms with Gasteiger partial charge < -0.3 is 4.42 Å². The summed E-state index contributed by atoms with van der Waals surface area (Å²) in [4.78, 5) is 7.28. The first-order valence-electron chi connectivity index (χ1n) is 3.97. The zero-order chi connectivity index (χ0) is 9.80. The van der Waals surface area contributed by atoms with Gasteiger partial charge in [-0.3, -0.25) is 0 Å². The fourth-order valence-corrected chi connectivity index (χ4v) is 1.69. The third kappa shape index (κ3) is 2.32. The molecule has 0 fully saturated rings. The smallest absolute Gasteiger partial charge is 0.217 e. The Labute approximate surface area is 84.4 Å². The lowest BCUT2D eigenvalue weighted by Crippen LogP contribution is -1.86. The minimum atomic E-state index is -0.512. The summed E-state index contributed by atoms with van der Waals surface area (Å²) in [6, 6.07) is 4.98. The molecule has 0 aromatic carbocycles. The fraction of sp³-hybridized carbons (Fsp3) is 0.111. The van der Waals surface area contributed by atoms with Crippen molar-refractivity contribution in [3.63, 3.8) is 0 Å². The van der Waals surface area contributed by atoms with Gasteiger partial charge in [-0.15, -0.1) is 0 Å². The summed E-state index contributed by atoms with van der Waals surface area (Å²) in [5.74, 6) is 0.972. The van der Waals surface area contributed by atoms with Crippen molar-refractivity contribution in [2.24, 2.45) is 0 Å². The molecule has 0 aliphatic heterocycles. The van der Waals surface area contributed by atoms with Gasteiger partial charge in [0.15, 0.2) is 0 Å². The minimum absolute atomic E-state index is 0.512. The Morgan fingerprint density at radius 2 is 2.36 bits per heavy atom. The zero-order valence-electron chi connectivity index (χ0n) is 7.18. The van der Waals surface area contributed by atoms with Crippen LogP contribution in [0.1, 0.15) is 5.76 Å². The molecule has 0 radical (unpaired) electrons. The molecule has 0 aliphatic rings. The second kappa shape index (κ2) is 4.23. The van der Waals surface area contributed by atoms with E-state index in [1.165, 1.54) is 24.2 Å². The Balaban J connectivity index is 1.98. The largest absolute Gasteiger partial charge is 0.468 e. The first-order chi connectivity index (χ1) is 6.84. The minimum Gasteiger partial charge on any atom is -0.468 e. The van der Waals surface area contributed by atoms with Crippen LogP contribution in [0.15, 0.2) is 40.2 Å². The van der Waals surface area contributed by atoms with E-state index in [-0.39, 0.29) is 0 Å². The Morgan fingerprint density at radius 3 is 3.07 bits per heavy atom. The van der Waals surface area contributed by atoms with Gasteiger partial charge in [-0.2, -0.15) is 4.39 Å². The van der Waals surface area contributed by atoms with Crippen LogP contribution >= 0.6 is 11.8 Å². The summed E-state index contributed by atoms with van der Waals surface area (Å²) in [7, 11) is 0. The third-order valence-electron chi connectivity index (χ3n) is 1.55. The summed E-state index contributed by atoms with van der Waals surface area (Å²) in [5.41, 5.74) is 0. The second-order valence-electron chi connectivity index (χ2n) is 2.55. The Hall–Kier alpha value is -1.36. The van der Waals surface area contributed by atoms with Crippen LogP contribution in [0.4, 0.5) is 4.39 Å². The van der Waals surface area contributed by atoms with E-state index in [0.717, 1.165) is 5.76 Å². The van der Waals surface area contributed by atoms with Gasteiger partial charge in [0, 0.05) is 6.07 Å². The van der Waals surface area contributed by atoms with Gasteiger partial charge in [-0.1, -0.05) is 11.8 Å². The molecule has 5 heteroatoms. The molecule has 0 saturated heterocycles. The van der Waals surface area contributed by atoms with Crippen LogP contribution in [-0.2, 0) is 5.75 Å². The van der Waals surface area contributed by atoms with Crippen LogP contribution in [0.3, 0.4) is 0 Å². The number of aromatic nitrogens is 2. The highest BCUT2D eigenvalue weighted by atomic mass is 32.2. The number of hydrogen-bond donors (Lipinski definition) is 0. The van der Waals surface area contributed by atoms with E-state index in [9.17, 15) is 4.39 Å². The molecule has 2 aromatic rings. The molecule has 2 rings (SSSR count). The molecule has 0 spiro atoms. The second-order valence-corrected chi connectivity index (χ2v) is 3.54. The van der Waals surface area contributed by atoms with Crippen LogP contribution in [-0.4, -0.2) is 9.97 Å². The van der Waals surface area contributed by atoms with Gasteiger partial charge in [-0.25, -0.2) is 9.97 Å². The summed E-state index contributed by atoms with van der Waals surface area (Å²) in [5, 5.41) is 0.605. The van der Waals surface area contributed by atoms with Crippen molar-refractivity contribution in [2.45, 2.75) is 10.8 Å². The quantitative estimate of drug-likeness (QED) is 0.576. The summed E-state index contributed by atoms with van der Waals surface area (Å²) < 4.78 is 17.8. The normalized spacial score (nSPS) is 10.4. The molecule has 2 aromatic heterocycles. The molecule has 72 valence electrons. The average molecular weight is 210 g/mol. The molecule has 0 unspecified atom stereocenters. The van der Waals surface area contributed by atoms with Gasteiger partial charge in [0.1, 0.15) is 17.1 Å². The molecule has 3 nitrogen and oxygen atoms in total. The van der Waals surface area contributed by atoms with Crippen molar-refractivity contribution in [3.05, 3.63) is 42.5 Å². The van der Waals surface area contributed by atoms with Crippen molar-refractivity contribution in [1.29, 1.82) is 0 Å². The van der Waals surface area contributed by atoms with E-state index in [2.05, 4.69) is 9.97 Å². The number of thioether (sulfide) groups is 1. The van der Waals surface area contributed by atoms with Gasteiger partial charge in [0.25, 0.3) is 0 Å². The van der Waals surface area contributed by atoms with Crippen LogP contribution in [0.5, 0.6) is 0 Å². The lowest BCUT2D eigenvalue weighted by molar-refractivity contribution is 0.530. The first-order valence-corrected chi connectivity index (χ1v) is 4.96. The maximum Gasteiger partial charge on any atom is 0.217 e. The first kappa shape index (κ1) is 9.21. The van der Waals surface area contributed by atoms with E-state index < -0.39 is 5.95 Å². The zero-order valence-corrected chi connectivity index (χ0v) is 8.00. The predicted molar refractivity (Wildman–Crippen MR) is 50.3 cm³/mol. The lowest BCUT2D eigenvalue weighted by Gasteiger charge is -1.97. The molecular weight excluding hydrogens is 203 g/mol. The number of rotatable bonds is 3. The molecule has 0 amide bonds. The van der Waals surface area contributed by atoms with Crippen LogP contribution < -0.4 is 0 Å². The maximum atomic E-state index is 12.6. The van der Waals surface area contributed by atoms with E-state index in [1.807, 2.05) is 12.1 Å². The highest BCUT2D eigenvalue weighted by molar-refractivity contribution is 7.98. The van der Waals surface area contributed by atoms with E-state index >= 15 is 0 Å².